The van der Waals surface area contributed by atoms with Gasteiger partial charge in [0.1, 0.15) is 5.82 Å². The lowest BCUT2D eigenvalue weighted by Crippen LogP contribution is -2.42. The third-order valence-corrected chi connectivity index (χ3v) is 7.74. The van der Waals surface area contributed by atoms with E-state index < -0.39 is 0 Å². The van der Waals surface area contributed by atoms with Crippen LogP contribution in [0.2, 0.25) is 0 Å². The molecule has 1 fully saturated rings. The van der Waals surface area contributed by atoms with E-state index in [0.717, 1.165) is 41.4 Å². The fraction of sp³-hybridized carbons (Fsp3) is 0.429. The maximum absolute atomic E-state index is 13.1. The molecule has 4 aromatic rings. The van der Waals surface area contributed by atoms with Crippen molar-refractivity contribution in [1.29, 1.82) is 0 Å². The highest BCUT2D eigenvalue weighted by Crippen LogP contribution is 2.26. The summed E-state index contributed by atoms with van der Waals surface area (Å²) < 4.78 is 6.45. The number of fused-ring (bicyclic) bond motifs is 1. The molecule has 0 spiro atoms. The normalized spacial score (nSPS) is 14.5. The van der Waals surface area contributed by atoms with Gasteiger partial charge in [-0.3, -0.25) is 9.36 Å². The van der Waals surface area contributed by atoms with Crippen molar-refractivity contribution in [1.82, 2.24) is 23.8 Å². The van der Waals surface area contributed by atoms with Gasteiger partial charge in [0.25, 0.3) is 0 Å². The van der Waals surface area contributed by atoms with Crippen molar-refractivity contribution in [3.8, 4) is 0 Å². The summed E-state index contributed by atoms with van der Waals surface area (Å²) in [6.07, 6.45) is 2.71. The monoisotopic (exact) mass is 518 g/mol. The Kier molecular flexibility index (Phi) is 7.69. The summed E-state index contributed by atoms with van der Waals surface area (Å²) >= 11 is 1.41. The molecule has 2 aromatic heterocycles. The number of anilines is 1. The van der Waals surface area contributed by atoms with E-state index in [1.807, 2.05) is 51.9 Å². The molecule has 8 nitrogen and oxygen atoms in total. The van der Waals surface area contributed by atoms with Crippen molar-refractivity contribution in [3.05, 3.63) is 76.5 Å². The van der Waals surface area contributed by atoms with Crippen LogP contribution in [0.15, 0.2) is 59.4 Å². The Balaban J connectivity index is 1.18. The molecule has 37 heavy (non-hydrogen) atoms. The van der Waals surface area contributed by atoms with Gasteiger partial charge in [0.15, 0.2) is 0 Å². The van der Waals surface area contributed by atoms with Gasteiger partial charge < -0.3 is 14.8 Å². The minimum atomic E-state index is -0.0704. The summed E-state index contributed by atoms with van der Waals surface area (Å²) in [6.45, 7) is 7.15. The number of amides is 1. The summed E-state index contributed by atoms with van der Waals surface area (Å²) in [4.78, 5) is 37.6. The van der Waals surface area contributed by atoms with Crippen LogP contribution in [0.4, 0.5) is 5.13 Å². The molecule has 1 amide bonds. The molecular formula is C28H34N6O2S. The molecule has 0 unspecified atom stereocenters. The number of carbonyl (C=O) groups excluding carboxylic acids is 1. The number of aromatic nitrogens is 4. The Morgan fingerprint density at radius 2 is 1.84 bits per heavy atom. The molecule has 1 saturated heterocycles. The number of rotatable bonds is 9. The van der Waals surface area contributed by atoms with Crippen LogP contribution >= 0.6 is 11.5 Å². The molecule has 1 N–H and O–H groups in total. The zero-order chi connectivity index (χ0) is 25.8. The maximum atomic E-state index is 13.1. The molecular weight excluding hydrogens is 484 g/mol. The van der Waals surface area contributed by atoms with Crippen LogP contribution in [0.25, 0.3) is 11.0 Å². The average molecular weight is 519 g/mol. The van der Waals surface area contributed by atoms with E-state index in [2.05, 4.69) is 40.2 Å². The highest BCUT2D eigenvalue weighted by Gasteiger charge is 2.26. The number of aromatic amines is 1. The largest absolute Gasteiger partial charge is 0.346 e. The molecule has 5 rings (SSSR count). The van der Waals surface area contributed by atoms with Gasteiger partial charge in [-0.25, -0.2) is 9.78 Å². The third kappa shape index (κ3) is 5.93. The zero-order valence-corrected chi connectivity index (χ0v) is 22.3. The first-order valence-electron chi connectivity index (χ1n) is 13.1. The average Bonchev–Trinajstić information content (AvgIpc) is 3.50. The first-order chi connectivity index (χ1) is 18.0. The topological polar surface area (TPSA) is 87.1 Å². The Hall–Kier alpha value is -3.46. The van der Waals surface area contributed by atoms with Crippen LogP contribution in [0.1, 0.15) is 50.5 Å². The molecule has 1 aliphatic heterocycles. The van der Waals surface area contributed by atoms with E-state index in [4.69, 9.17) is 4.98 Å². The van der Waals surface area contributed by atoms with Gasteiger partial charge in [0.05, 0.1) is 11.0 Å². The van der Waals surface area contributed by atoms with Crippen molar-refractivity contribution < 1.29 is 4.79 Å². The minimum absolute atomic E-state index is 0.0704. The van der Waals surface area contributed by atoms with Crippen LogP contribution < -0.4 is 10.6 Å². The molecule has 0 aliphatic carbocycles. The van der Waals surface area contributed by atoms with E-state index in [0.29, 0.717) is 38.4 Å². The highest BCUT2D eigenvalue weighted by molar-refractivity contribution is 7.09. The smallest absolute Gasteiger partial charge is 0.326 e. The lowest BCUT2D eigenvalue weighted by atomic mass is 10.0. The summed E-state index contributed by atoms with van der Waals surface area (Å²) in [5, 5.41) is 0.879. The fourth-order valence-corrected chi connectivity index (χ4v) is 5.85. The number of carbonyl (C=O) groups is 1. The Morgan fingerprint density at radius 1 is 1.11 bits per heavy atom. The van der Waals surface area contributed by atoms with Gasteiger partial charge in [-0.1, -0.05) is 56.3 Å². The minimum Gasteiger partial charge on any atom is -0.346 e. The number of hydrogen-bond acceptors (Lipinski definition) is 6. The number of para-hydroxylation sites is 2. The van der Waals surface area contributed by atoms with Gasteiger partial charge in [0, 0.05) is 56.6 Å². The van der Waals surface area contributed by atoms with Gasteiger partial charge in [-0.15, -0.1) is 0 Å². The number of hydrogen-bond donors (Lipinski definition) is 1. The summed E-state index contributed by atoms with van der Waals surface area (Å²) in [5.41, 5.74) is 2.92. The Morgan fingerprint density at radius 3 is 2.59 bits per heavy atom. The van der Waals surface area contributed by atoms with Crippen LogP contribution in [0.3, 0.4) is 0 Å². The van der Waals surface area contributed by atoms with Crippen molar-refractivity contribution >= 4 is 33.6 Å². The van der Waals surface area contributed by atoms with E-state index >= 15 is 0 Å². The molecule has 0 atom stereocenters. The second kappa shape index (κ2) is 11.3. The Bertz CT molecular complexity index is 1380. The second-order valence-electron chi connectivity index (χ2n) is 10.2. The molecule has 0 radical (unpaired) electrons. The summed E-state index contributed by atoms with van der Waals surface area (Å²) in [6, 6.07) is 18.1. The van der Waals surface area contributed by atoms with Crippen molar-refractivity contribution in [2.45, 2.75) is 45.6 Å². The third-order valence-electron chi connectivity index (χ3n) is 6.92. The molecule has 2 aromatic carbocycles. The maximum Gasteiger partial charge on any atom is 0.326 e. The van der Waals surface area contributed by atoms with Crippen LogP contribution in [-0.4, -0.2) is 55.9 Å². The van der Waals surface area contributed by atoms with E-state index in [9.17, 15) is 9.59 Å². The van der Waals surface area contributed by atoms with Crippen molar-refractivity contribution in [2.24, 2.45) is 5.92 Å². The van der Waals surface area contributed by atoms with Crippen LogP contribution in [-0.2, 0) is 11.2 Å². The van der Waals surface area contributed by atoms with Gasteiger partial charge >= 0.3 is 5.69 Å². The van der Waals surface area contributed by atoms with E-state index in [1.165, 1.54) is 17.1 Å². The number of benzene rings is 2. The number of piperidine rings is 1. The predicted molar refractivity (Wildman–Crippen MR) is 148 cm³/mol. The molecule has 0 bridgehead atoms. The van der Waals surface area contributed by atoms with Crippen LogP contribution in [0.5, 0.6) is 0 Å². The van der Waals surface area contributed by atoms with Gasteiger partial charge in [0.2, 0.25) is 11.0 Å². The molecule has 9 heteroatoms. The number of nitrogens with zero attached hydrogens (tertiary/aromatic N) is 5. The predicted octanol–water partition coefficient (Wildman–Crippen LogP) is 4.49. The number of nitrogens with one attached hydrogen (secondary N) is 1. The standard InChI is InChI=1S/C28H34N6O2S/c1-20(2)19-33(28-30-25(31-37-28)18-21-8-4-3-5-9-21)17-14-26(35)32-15-12-22(13-16-32)34-24-11-7-6-10-23(24)29-27(34)36/h3-11,20,22H,12-19H2,1-2H3,(H,29,36). The first-order valence-corrected chi connectivity index (χ1v) is 13.8. The van der Waals surface area contributed by atoms with E-state index in [1.54, 1.807) is 0 Å². The second-order valence-corrected chi connectivity index (χ2v) is 10.9. The lowest BCUT2D eigenvalue weighted by molar-refractivity contribution is -0.132. The molecule has 0 saturated carbocycles. The number of imidazole rings is 1. The highest BCUT2D eigenvalue weighted by atomic mass is 32.1. The fourth-order valence-electron chi connectivity index (χ4n) is 5.13. The molecule has 1 aliphatic rings. The SMILES string of the molecule is CC(C)CN(CCC(=O)N1CCC(n2c(=O)[nH]c3ccccc32)CC1)c1nc(Cc2ccccc2)ns1. The Labute approximate surface area is 221 Å². The number of H-pyrrole nitrogens is 1. The van der Waals surface area contributed by atoms with Gasteiger partial charge in [-0.05, 0) is 36.5 Å². The zero-order valence-electron chi connectivity index (χ0n) is 21.5. The van der Waals surface area contributed by atoms with E-state index in [-0.39, 0.29) is 17.6 Å². The summed E-state index contributed by atoms with van der Waals surface area (Å²) in [5.74, 6) is 1.43. The first kappa shape index (κ1) is 25.2. The van der Waals surface area contributed by atoms with Crippen molar-refractivity contribution in [2.75, 3.05) is 31.1 Å². The quantitative estimate of drug-likeness (QED) is 0.353. The van der Waals surface area contributed by atoms with Crippen molar-refractivity contribution in [3.63, 3.8) is 0 Å². The molecule has 194 valence electrons. The molecule has 3 heterocycles. The van der Waals surface area contributed by atoms with Crippen LogP contribution in [0, 0.1) is 5.92 Å². The van der Waals surface area contributed by atoms with Gasteiger partial charge in [-0.2, -0.15) is 4.37 Å². The number of likely N-dealkylation sites (tertiary alicyclic amines) is 1. The summed E-state index contributed by atoms with van der Waals surface area (Å²) in [7, 11) is 0. The lowest BCUT2D eigenvalue weighted by Gasteiger charge is -2.33.